The van der Waals surface area contributed by atoms with E-state index in [1.807, 2.05) is 0 Å². The Morgan fingerprint density at radius 3 is 1.52 bits per heavy atom. The number of para-hydroxylation sites is 1. The molecule has 1 aromatic heterocycles. The molecule has 7 rings (SSSR count). The van der Waals surface area contributed by atoms with Gasteiger partial charge < -0.3 is 0 Å². The van der Waals surface area contributed by atoms with Crippen molar-refractivity contribution >= 4 is 64.7 Å². The monoisotopic (exact) mass is 549 g/mol. The van der Waals surface area contributed by atoms with Crippen molar-refractivity contribution in [3.8, 4) is 0 Å². The highest BCUT2D eigenvalue weighted by Crippen LogP contribution is 2.46. The average molecular weight is 550 g/mol. The molecule has 0 aliphatic heterocycles. The van der Waals surface area contributed by atoms with Crippen molar-refractivity contribution in [2.75, 3.05) is 0 Å². The van der Waals surface area contributed by atoms with Gasteiger partial charge in [0.15, 0.2) is 0 Å². The van der Waals surface area contributed by atoms with Gasteiger partial charge in [0.05, 0.1) is 10.9 Å². The Bertz CT molecular complexity index is 1810. The number of rotatable bonds is 6. The SMILES string of the molecule is C1=c2cc3cccc(P(c4ccccc4)c4ccccc4)c3nc2=C(P(c2ccccc2)c2ccccc2)CC1. The van der Waals surface area contributed by atoms with E-state index < -0.39 is 15.8 Å². The van der Waals surface area contributed by atoms with E-state index in [1.165, 1.54) is 47.8 Å². The molecule has 1 aliphatic rings. The van der Waals surface area contributed by atoms with Gasteiger partial charge in [0.1, 0.15) is 0 Å². The van der Waals surface area contributed by atoms with E-state index >= 15 is 0 Å². The van der Waals surface area contributed by atoms with Crippen molar-refractivity contribution in [2.24, 2.45) is 0 Å². The molecule has 40 heavy (non-hydrogen) atoms. The number of hydrogen-bond donors (Lipinski definition) is 0. The number of benzene rings is 5. The van der Waals surface area contributed by atoms with Crippen LogP contribution in [0.3, 0.4) is 0 Å². The summed E-state index contributed by atoms with van der Waals surface area (Å²) in [6.45, 7) is 0. The van der Waals surface area contributed by atoms with Crippen LogP contribution >= 0.6 is 15.8 Å². The largest absolute Gasteiger partial charge is 0.247 e. The van der Waals surface area contributed by atoms with E-state index in [4.69, 9.17) is 4.98 Å². The van der Waals surface area contributed by atoms with Gasteiger partial charge in [0.25, 0.3) is 0 Å². The molecule has 1 aliphatic carbocycles. The maximum Gasteiger partial charge on any atom is 0.0793 e. The van der Waals surface area contributed by atoms with Gasteiger partial charge in [-0.25, -0.2) is 4.98 Å². The van der Waals surface area contributed by atoms with Gasteiger partial charge in [-0.05, 0) is 66.5 Å². The first-order chi connectivity index (χ1) is 19.9. The summed E-state index contributed by atoms with van der Waals surface area (Å²) < 4.78 is 0. The molecule has 0 atom stereocenters. The number of aromatic nitrogens is 1. The maximum atomic E-state index is 5.61. The van der Waals surface area contributed by atoms with Crippen LogP contribution in [-0.4, -0.2) is 4.98 Å². The summed E-state index contributed by atoms with van der Waals surface area (Å²) in [5.41, 5.74) is 1.13. The summed E-state index contributed by atoms with van der Waals surface area (Å²) in [7, 11) is -1.44. The highest BCUT2D eigenvalue weighted by atomic mass is 31.1. The highest BCUT2D eigenvalue weighted by Gasteiger charge is 2.23. The number of nitrogens with zero attached hydrogens (tertiary/aromatic N) is 1. The first kappa shape index (κ1) is 25.1. The minimum Gasteiger partial charge on any atom is -0.247 e. The van der Waals surface area contributed by atoms with E-state index in [-0.39, 0.29) is 0 Å². The Morgan fingerprint density at radius 2 is 1.00 bits per heavy atom. The Morgan fingerprint density at radius 1 is 0.500 bits per heavy atom. The fraction of sp³-hybridized carbons (Fsp3) is 0.0541. The third-order valence-electron chi connectivity index (χ3n) is 7.44. The first-order valence-corrected chi connectivity index (χ1v) is 16.5. The molecular weight excluding hydrogens is 520 g/mol. The summed E-state index contributed by atoms with van der Waals surface area (Å²) in [4.78, 5) is 5.61. The molecule has 6 aromatic rings. The molecule has 0 amide bonds. The second-order valence-electron chi connectivity index (χ2n) is 9.98. The molecule has 0 unspecified atom stereocenters. The Hall–Kier alpha value is -3.89. The lowest BCUT2D eigenvalue weighted by Crippen LogP contribution is -2.35. The van der Waals surface area contributed by atoms with Crippen molar-refractivity contribution in [3.05, 3.63) is 156 Å². The molecule has 1 heterocycles. The van der Waals surface area contributed by atoms with E-state index in [2.05, 4.69) is 152 Å². The van der Waals surface area contributed by atoms with Crippen LogP contribution < -0.4 is 37.1 Å². The second-order valence-corrected chi connectivity index (χ2v) is 14.4. The smallest absolute Gasteiger partial charge is 0.0793 e. The van der Waals surface area contributed by atoms with E-state index in [0.717, 1.165) is 18.4 Å². The van der Waals surface area contributed by atoms with Gasteiger partial charge in [0.2, 0.25) is 0 Å². The van der Waals surface area contributed by atoms with Crippen LogP contribution in [0.1, 0.15) is 12.8 Å². The molecule has 0 saturated carbocycles. The van der Waals surface area contributed by atoms with Crippen molar-refractivity contribution < 1.29 is 0 Å². The maximum absolute atomic E-state index is 5.61. The van der Waals surface area contributed by atoms with Gasteiger partial charge in [0, 0.05) is 10.7 Å². The Kier molecular flexibility index (Phi) is 7.10. The third kappa shape index (κ3) is 4.82. The Balaban J connectivity index is 1.52. The molecule has 5 aromatic carbocycles. The van der Waals surface area contributed by atoms with Crippen LogP contribution in [0.4, 0.5) is 0 Å². The average Bonchev–Trinajstić information content (AvgIpc) is 3.03. The zero-order valence-electron chi connectivity index (χ0n) is 22.2. The van der Waals surface area contributed by atoms with E-state index in [9.17, 15) is 0 Å². The predicted molar refractivity (Wildman–Crippen MR) is 176 cm³/mol. The van der Waals surface area contributed by atoms with Crippen molar-refractivity contribution in [3.63, 3.8) is 0 Å². The van der Waals surface area contributed by atoms with Crippen LogP contribution in [0, 0.1) is 0 Å². The minimum atomic E-state index is -0.753. The highest BCUT2D eigenvalue weighted by molar-refractivity contribution is 7.81. The van der Waals surface area contributed by atoms with Crippen LogP contribution in [0.5, 0.6) is 0 Å². The topological polar surface area (TPSA) is 12.9 Å². The van der Waals surface area contributed by atoms with Crippen LogP contribution in [0.25, 0.3) is 22.3 Å². The quantitative estimate of drug-likeness (QED) is 0.239. The normalized spacial score (nSPS) is 12.9. The third-order valence-corrected chi connectivity index (χ3v) is 12.5. The van der Waals surface area contributed by atoms with Crippen LogP contribution in [0.2, 0.25) is 0 Å². The molecule has 0 radical (unpaired) electrons. The van der Waals surface area contributed by atoms with Gasteiger partial charge in [-0.3, -0.25) is 0 Å². The molecule has 1 nitrogen and oxygen atoms in total. The van der Waals surface area contributed by atoms with Gasteiger partial charge >= 0.3 is 0 Å². The van der Waals surface area contributed by atoms with Gasteiger partial charge in [-0.2, -0.15) is 0 Å². The lowest BCUT2D eigenvalue weighted by molar-refractivity contribution is 1.08. The first-order valence-electron chi connectivity index (χ1n) is 13.8. The van der Waals surface area contributed by atoms with E-state index in [1.54, 1.807) is 0 Å². The van der Waals surface area contributed by atoms with Crippen molar-refractivity contribution in [2.45, 2.75) is 12.8 Å². The summed E-state index contributed by atoms with van der Waals surface area (Å²) in [6.07, 6.45) is 4.47. The lowest BCUT2D eigenvalue weighted by atomic mass is 10.1. The minimum absolute atomic E-state index is 0.684. The standard InChI is InChI=1S/C37H29NP2/c1-5-17-30(18-6-1)39(31-19-7-2-8-20-31)34-25-13-15-28-27-29-16-14-26-35(37(29)38-36(28)34)40(32-21-9-3-10-22-32)33-23-11-4-12-24-33/h1-13,15-25,27H,14,26H2. The number of hydrogen-bond acceptors (Lipinski definition) is 1. The summed E-state index contributed by atoms with van der Waals surface area (Å²) >= 11 is 0. The van der Waals surface area contributed by atoms with Crippen molar-refractivity contribution in [1.29, 1.82) is 0 Å². The molecule has 0 bridgehead atoms. The zero-order chi connectivity index (χ0) is 26.7. The summed E-state index contributed by atoms with van der Waals surface area (Å²) in [6, 6.07) is 53.1. The second kappa shape index (κ2) is 11.3. The number of fused-ring (bicyclic) bond motifs is 2. The number of pyridine rings is 1. The van der Waals surface area contributed by atoms with Gasteiger partial charge in [-0.1, -0.05) is 146 Å². The fourth-order valence-corrected chi connectivity index (χ4v) is 10.7. The summed E-state index contributed by atoms with van der Waals surface area (Å²) in [5, 5.41) is 11.9. The molecule has 0 saturated heterocycles. The molecular formula is C37H29NP2. The zero-order valence-corrected chi connectivity index (χ0v) is 24.0. The molecule has 3 heteroatoms. The fourth-order valence-electron chi connectivity index (χ4n) is 5.66. The predicted octanol–water partition coefficient (Wildman–Crippen LogP) is 5.81. The summed E-state index contributed by atoms with van der Waals surface area (Å²) in [5.74, 6) is 0. The van der Waals surface area contributed by atoms with Gasteiger partial charge in [-0.15, -0.1) is 0 Å². The lowest BCUT2D eigenvalue weighted by Gasteiger charge is -2.24. The molecule has 0 N–H and O–H groups in total. The Labute approximate surface area is 238 Å². The van der Waals surface area contributed by atoms with Crippen molar-refractivity contribution in [1.82, 2.24) is 4.98 Å². The van der Waals surface area contributed by atoms with Crippen LogP contribution in [-0.2, 0) is 0 Å². The van der Waals surface area contributed by atoms with E-state index in [0.29, 0.717) is 0 Å². The molecule has 192 valence electrons. The molecule has 0 spiro atoms. The molecule has 0 fully saturated rings. The van der Waals surface area contributed by atoms with Crippen LogP contribution in [0.15, 0.2) is 146 Å².